The molecule has 2 fully saturated rings. The Balaban J connectivity index is 1.79. The molecule has 5 heteroatoms. The maximum atomic E-state index is 4.42. The van der Waals surface area contributed by atoms with E-state index in [-0.39, 0.29) is 0 Å². The first-order valence-corrected chi connectivity index (χ1v) is 7.92. The van der Waals surface area contributed by atoms with Gasteiger partial charge < -0.3 is 5.32 Å². The molecule has 1 atom stereocenters. The van der Waals surface area contributed by atoms with Gasteiger partial charge in [0.25, 0.3) is 0 Å². The molecular formula is C15H27N5. The molecule has 2 aliphatic rings. The minimum absolute atomic E-state index is 0.358. The number of nitrogens with one attached hydrogen (secondary N) is 1. The van der Waals surface area contributed by atoms with Crippen molar-refractivity contribution in [2.45, 2.75) is 57.7 Å². The lowest BCUT2D eigenvalue weighted by Crippen LogP contribution is -2.64. The zero-order valence-electron chi connectivity index (χ0n) is 13.0. The van der Waals surface area contributed by atoms with Gasteiger partial charge in [-0.05, 0) is 18.8 Å². The van der Waals surface area contributed by atoms with Gasteiger partial charge in [-0.3, -0.25) is 9.58 Å². The van der Waals surface area contributed by atoms with Gasteiger partial charge in [0, 0.05) is 31.7 Å². The molecule has 1 spiro atoms. The van der Waals surface area contributed by atoms with E-state index >= 15 is 0 Å². The zero-order chi connectivity index (χ0) is 14.2. The summed E-state index contributed by atoms with van der Waals surface area (Å²) in [5, 5.41) is 8.01. The average Bonchev–Trinajstić information content (AvgIpc) is 3.03. The molecule has 3 rings (SSSR count). The van der Waals surface area contributed by atoms with Crippen LogP contribution in [0.2, 0.25) is 0 Å². The standard InChI is InChI=1S/C15H27N5/c1-12(2)13-8-20(9-14-17-11-18-19(14)3)15(10-16-13)6-4-5-7-15/h11-13,16H,4-10H2,1-3H3. The number of hydrogen-bond acceptors (Lipinski definition) is 4. The van der Waals surface area contributed by atoms with Crippen molar-refractivity contribution < 1.29 is 0 Å². The van der Waals surface area contributed by atoms with Crippen LogP contribution in [0.5, 0.6) is 0 Å². The maximum absolute atomic E-state index is 4.42. The van der Waals surface area contributed by atoms with Gasteiger partial charge in [-0.25, -0.2) is 4.98 Å². The fourth-order valence-electron chi connectivity index (χ4n) is 3.77. The maximum Gasteiger partial charge on any atom is 0.140 e. The van der Waals surface area contributed by atoms with E-state index in [1.54, 1.807) is 6.33 Å². The third-order valence-corrected chi connectivity index (χ3v) is 5.26. The molecule has 20 heavy (non-hydrogen) atoms. The Hall–Kier alpha value is -0.940. The Kier molecular flexibility index (Phi) is 3.82. The number of hydrogen-bond donors (Lipinski definition) is 1. The van der Waals surface area contributed by atoms with Gasteiger partial charge in [0.05, 0.1) is 6.54 Å². The van der Waals surface area contributed by atoms with Crippen LogP contribution in [0.3, 0.4) is 0 Å². The Bertz CT molecular complexity index is 447. The molecule has 1 saturated carbocycles. The zero-order valence-corrected chi connectivity index (χ0v) is 13.0. The predicted octanol–water partition coefficient (Wildman–Crippen LogP) is 1.56. The smallest absolute Gasteiger partial charge is 0.140 e. The van der Waals surface area contributed by atoms with E-state index in [4.69, 9.17) is 0 Å². The van der Waals surface area contributed by atoms with Crippen molar-refractivity contribution in [1.82, 2.24) is 25.0 Å². The molecule has 1 aliphatic heterocycles. The van der Waals surface area contributed by atoms with Gasteiger partial charge in [-0.2, -0.15) is 5.10 Å². The summed E-state index contributed by atoms with van der Waals surface area (Å²) in [5.41, 5.74) is 0.358. The molecule has 5 nitrogen and oxygen atoms in total. The van der Waals surface area contributed by atoms with E-state index in [9.17, 15) is 0 Å². The first-order chi connectivity index (χ1) is 9.61. The summed E-state index contributed by atoms with van der Waals surface area (Å²) in [6.07, 6.45) is 7.04. The first-order valence-electron chi connectivity index (χ1n) is 7.92. The van der Waals surface area contributed by atoms with E-state index in [0.29, 0.717) is 17.5 Å². The normalized spacial score (nSPS) is 26.7. The van der Waals surface area contributed by atoms with Crippen molar-refractivity contribution in [2.75, 3.05) is 13.1 Å². The molecule has 1 N–H and O–H groups in total. The Labute approximate surface area is 121 Å². The molecule has 1 aliphatic carbocycles. The summed E-state index contributed by atoms with van der Waals surface area (Å²) in [7, 11) is 1.99. The summed E-state index contributed by atoms with van der Waals surface area (Å²) >= 11 is 0. The molecule has 1 saturated heterocycles. The van der Waals surface area contributed by atoms with E-state index in [1.165, 1.54) is 25.7 Å². The summed E-state index contributed by atoms with van der Waals surface area (Å²) in [6, 6.07) is 0.592. The molecule has 0 aromatic carbocycles. The van der Waals surface area contributed by atoms with Gasteiger partial charge in [-0.1, -0.05) is 26.7 Å². The summed E-state index contributed by atoms with van der Waals surface area (Å²) < 4.78 is 1.91. The second-order valence-corrected chi connectivity index (χ2v) is 6.84. The van der Waals surface area contributed by atoms with Crippen LogP contribution >= 0.6 is 0 Å². The van der Waals surface area contributed by atoms with Crippen molar-refractivity contribution in [3.8, 4) is 0 Å². The van der Waals surface area contributed by atoms with Gasteiger partial charge in [0.2, 0.25) is 0 Å². The fraction of sp³-hybridized carbons (Fsp3) is 0.867. The van der Waals surface area contributed by atoms with Gasteiger partial charge in [0.1, 0.15) is 12.2 Å². The van der Waals surface area contributed by atoms with Crippen LogP contribution in [0.15, 0.2) is 6.33 Å². The van der Waals surface area contributed by atoms with E-state index < -0.39 is 0 Å². The largest absolute Gasteiger partial charge is 0.311 e. The monoisotopic (exact) mass is 277 g/mol. The lowest BCUT2D eigenvalue weighted by atomic mass is 9.88. The van der Waals surface area contributed by atoms with Crippen LogP contribution in [0, 0.1) is 5.92 Å². The number of nitrogens with zero attached hydrogens (tertiary/aromatic N) is 4. The van der Waals surface area contributed by atoms with Crippen molar-refractivity contribution in [3.63, 3.8) is 0 Å². The van der Waals surface area contributed by atoms with Gasteiger partial charge >= 0.3 is 0 Å². The van der Waals surface area contributed by atoms with Crippen molar-refractivity contribution in [2.24, 2.45) is 13.0 Å². The topological polar surface area (TPSA) is 46.0 Å². The van der Waals surface area contributed by atoms with Crippen LogP contribution in [0.1, 0.15) is 45.4 Å². The minimum atomic E-state index is 0.358. The molecule has 2 heterocycles. The molecular weight excluding hydrogens is 250 g/mol. The van der Waals surface area contributed by atoms with E-state index in [0.717, 1.165) is 25.5 Å². The predicted molar refractivity (Wildman–Crippen MR) is 79.2 cm³/mol. The highest BCUT2D eigenvalue weighted by Gasteiger charge is 2.44. The van der Waals surface area contributed by atoms with Gasteiger partial charge in [0.15, 0.2) is 0 Å². The van der Waals surface area contributed by atoms with Crippen LogP contribution in [-0.4, -0.2) is 44.3 Å². The van der Waals surface area contributed by atoms with E-state index in [2.05, 4.69) is 34.1 Å². The SMILES string of the molecule is CC(C)C1CN(Cc2ncnn2C)C2(CCCC2)CN1. The molecule has 0 bridgehead atoms. The molecule has 1 aromatic heterocycles. The highest BCUT2D eigenvalue weighted by molar-refractivity contribution is 5.03. The third-order valence-electron chi connectivity index (χ3n) is 5.26. The molecule has 1 unspecified atom stereocenters. The van der Waals surface area contributed by atoms with E-state index in [1.807, 2.05) is 11.7 Å². The third kappa shape index (κ3) is 2.49. The second kappa shape index (κ2) is 5.45. The summed E-state index contributed by atoms with van der Waals surface area (Å²) in [6.45, 7) is 7.81. The minimum Gasteiger partial charge on any atom is -0.311 e. The first kappa shape index (κ1) is 14.0. The van der Waals surface area contributed by atoms with Crippen molar-refractivity contribution >= 4 is 0 Å². The Morgan fingerprint density at radius 2 is 2.15 bits per heavy atom. The highest BCUT2D eigenvalue weighted by atomic mass is 15.4. The summed E-state index contributed by atoms with van der Waals surface area (Å²) in [4.78, 5) is 7.11. The lowest BCUT2D eigenvalue weighted by molar-refractivity contribution is 0.0232. The lowest BCUT2D eigenvalue weighted by Gasteiger charge is -2.49. The Morgan fingerprint density at radius 3 is 2.75 bits per heavy atom. The van der Waals surface area contributed by atoms with Crippen LogP contribution in [-0.2, 0) is 13.6 Å². The molecule has 0 radical (unpaired) electrons. The average molecular weight is 277 g/mol. The molecule has 112 valence electrons. The van der Waals surface area contributed by atoms with Crippen LogP contribution in [0.25, 0.3) is 0 Å². The van der Waals surface area contributed by atoms with Crippen molar-refractivity contribution in [1.29, 1.82) is 0 Å². The Morgan fingerprint density at radius 1 is 1.40 bits per heavy atom. The van der Waals surface area contributed by atoms with Crippen molar-refractivity contribution in [3.05, 3.63) is 12.2 Å². The van der Waals surface area contributed by atoms with Gasteiger partial charge in [-0.15, -0.1) is 0 Å². The van der Waals surface area contributed by atoms with Crippen LogP contribution in [0.4, 0.5) is 0 Å². The molecule has 0 amide bonds. The highest BCUT2D eigenvalue weighted by Crippen LogP contribution is 2.38. The number of aromatic nitrogens is 3. The summed E-state index contributed by atoms with van der Waals surface area (Å²) in [5.74, 6) is 1.76. The molecule has 1 aromatic rings. The quantitative estimate of drug-likeness (QED) is 0.911. The fourth-order valence-corrected chi connectivity index (χ4v) is 3.77. The number of piperazine rings is 1. The number of rotatable bonds is 3. The second-order valence-electron chi connectivity index (χ2n) is 6.84. The van der Waals surface area contributed by atoms with Crippen LogP contribution < -0.4 is 5.32 Å². The number of aryl methyl sites for hydroxylation is 1.